The molecule has 0 radical (unpaired) electrons. The Labute approximate surface area is 175 Å². The van der Waals surface area contributed by atoms with Crippen molar-refractivity contribution in [3.8, 4) is 0 Å². The molecule has 0 bridgehead atoms. The summed E-state index contributed by atoms with van der Waals surface area (Å²) < 4.78 is 25.7. The van der Waals surface area contributed by atoms with Crippen LogP contribution in [-0.2, 0) is 21.2 Å². The number of rotatable bonds is 9. The van der Waals surface area contributed by atoms with Gasteiger partial charge in [0.05, 0.1) is 15.5 Å². The van der Waals surface area contributed by atoms with Crippen molar-refractivity contribution in [1.82, 2.24) is 10.0 Å². The second-order valence-corrected chi connectivity index (χ2v) is 8.64. The van der Waals surface area contributed by atoms with Crippen molar-refractivity contribution in [2.45, 2.75) is 31.1 Å². The fourth-order valence-corrected chi connectivity index (χ4v) is 3.54. The summed E-state index contributed by atoms with van der Waals surface area (Å²) in [6.45, 7) is 2.52. The smallest absolute Gasteiger partial charge is 0.252 e. The van der Waals surface area contributed by atoms with Gasteiger partial charge in [0.2, 0.25) is 15.9 Å². The van der Waals surface area contributed by atoms with Gasteiger partial charge in [0.1, 0.15) is 0 Å². The van der Waals surface area contributed by atoms with Crippen LogP contribution < -0.4 is 15.4 Å². The Morgan fingerprint density at radius 1 is 1.07 bits per heavy atom. The molecule has 0 saturated carbocycles. The van der Waals surface area contributed by atoms with Gasteiger partial charge >= 0.3 is 0 Å². The van der Waals surface area contributed by atoms with Crippen LogP contribution in [0, 0.1) is 0 Å². The van der Waals surface area contributed by atoms with E-state index < -0.39 is 10.0 Å². The van der Waals surface area contributed by atoms with Crippen LogP contribution in [0.5, 0.6) is 0 Å². The Morgan fingerprint density at radius 3 is 2.34 bits per heavy atom. The second kappa shape index (κ2) is 10.4. The maximum Gasteiger partial charge on any atom is 0.252 e. The monoisotopic (exact) mass is 437 g/mol. The molecule has 2 aromatic rings. The zero-order chi connectivity index (χ0) is 21.4. The van der Waals surface area contributed by atoms with E-state index in [0.29, 0.717) is 24.2 Å². The predicted octanol–water partition coefficient (Wildman–Crippen LogP) is 2.96. The lowest BCUT2D eigenvalue weighted by atomic mass is 10.1. The van der Waals surface area contributed by atoms with Crippen molar-refractivity contribution in [3.63, 3.8) is 0 Å². The third kappa shape index (κ3) is 6.56. The lowest BCUT2D eigenvalue weighted by Gasteiger charge is -2.09. The summed E-state index contributed by atoms with van der Waals surface area (Å²) in [5.41, 5.74) is 1.70. The highest BCUT2D eigenvalue weighted by atomic mass is 35.5. The molecule has 0 atom stereocenters. The summed E-state index contributed by atoms with van der Waals surface area (Å²) >= 11 is 6.16. The largest absolute Gasteiger partial charge is 0.352 e. The number of amides is 2. The van der Waals surface area contributed by atoms with Crippen LogP contribution in [0.25, 0.3) is 0 Å². The topological polar surface area (TPSA) is 104 Å². The zero-order valence-corrected chi connectivity index (χ0v) is 17.9. The van der Waals surface area contributed by atoms with Gasteiger partial charge in [-0.3, -0.25) is 9.59 Å². The minimum absolute atomic E-state index is 0.172. The number of hydrogen-bond acceptors (Lipinski definition) is 4. The summed E-state index contributed by atoms with van der Waals surface area (Å²) in [4.78, 5) is 24.4. The summed E-state index contributed by atoms with van der Waals surface area (Å²) in [6.07, 6.45) is 1.50. The lowest BCUT2D eigenvalue weighted by Crippen LogP contribution is -2.24. The van der Waals surface area contributed by atoms with E-state index in [1.54, 1.807) is 24.3 Å². The fourth-order valence-electron chi connectivity index (χ4n) is 2.55. The van der Waals surface area contributed by atoms with Crippen molar-refractivity contribution in [1.29, 1.82) is 0 Å². The third-order valence-corrected chi connectivity index (χ3v) is 5.92. The Morgan fingerprint density at radius 2 is 1.76 bits per heavy atom. The van der Waals surface area contributed by atoms with Crippen LogP contribution in [0.1, 0.15) is 35.7 Å². The molecule has 0 aliphatic heterocycles. The normalized spacial score (nSPS) is 11.1. The van der Waals surface area contributed by atoms with E-state index in [0.717, 1.165) is 12.0 Å². The highest BCUT2D eigenvalue weighted by Crippen LogP contribution is 2.21. The summed E-state index contributed by atoms with van der Waals surface area (Å²) in [6, 6.07) is 11.1. The molecule has 0 aliphatic rings. The van der Waals surface area contributed by atoms with Gasteiger partial charge in [-0.2, -0.15) is 0 Å². The number of anilines is 1. The molecule has 2 amide bonds. The third-order valence-electron chi connectivity index (χ3n) is 4.18. The molecule has 9 heteroatoms. The molecule has 7 nitrogen and oxygen atoms in total. The summed E-state index contributed by atoms with van der Waals surface area (Å²) in [5.74, 6) is -0.463. The van der Waals surface area contributed by atoms with Crippen molar-refractivity contribution in [3.05, 3.63) is 58.6 Å². The predicted molar refractivity (Wildman–Crippen MR) is 114 cm³/mol. The van der Waals surface area contributed by atoms with Gasteiger partial charge < -0.3 is 10.6 Å². The number of carbonyl (C=O) groups excluding carboxylic acids is 2. The van der Waals surface area contributed by atoms with Crippen LogP contribution in [0.4, 0.5) is 5.69 Å². The van der Waals surface area contributed by atoms with Crippen LogP contribution in [0.15, 0.2) is 47.4 Å². The molecule has 0 heterocycles. The van der Waals surface area contributed by atoms with Gasteiger partial charge in [-0.05, 0) is 55.8 Å². The van der Waals surface area contributed by atoms with Crippen molar-refractivity contribution >= 4 is 39.1 Å². The molecule has 0 spiro atoms. The van der Waals surface area contributed by atoms with E-state index in [4.69, 9.17) is 11.6 Å². The first-order chi connectivity index (χ1) is 13.8. The fraction of sp³-hybridized carbons (Fsp3) is 0.300. The molecule has 0 aliphatic carbocycles. The highest BCUT2D eigenvalue weighted by molar-refractivity contribution is 7.89. The minimum atomic E-state index is -3.48. The van der Waals surface area contributed by atoms with Gasteiger partial charge in [0, 0.05) is 18.7 Å². The molecule has 0 aromatic heterocycles. The first-order valence-electron chi connectivity index (χ1n) is 9.17. The molecule has 0 fully saturated rings. The SMILES string of the molecule is CCCNC(=O)c1ccc(NC(=O)CCc2ccc(S(=O)(=O)NC)cc2)cc1Cl. The number of carbonyl (C=O) groups is 2. The van der Waals surface area contributed by atoms with Gasteiger partial charge in [0.25, 0.3) is 5.91 Å². The Kier molecular flexibility index (Phi) is 8.19. The molecular formula is C20H24ClN3O4S. The van der Waals surface area contributed by atoms with Crippen LogP contribution >= 0.6 is 11.6 Å². The number of nitrogens with one attached hydrogen (secondary N) is 3. The van der Waals surface area contributed by atoms with Gasteiger partial charge in [-0.1, -0.05) is 30.7 Å². The molecular weight excluding hydrogens is 414 g/mol. The van der Waals surface area contributed by atoms with Crippen LogP contribution in [0.2, 0.25) is 5.02 Å². The number of benzene rings is 2. The number of halogens is 1. The molecule has 3 N–H and O–H groups in total. The highest BCUT2D eigenvalue weighted by Gasteiger charge is 2.13. The number of sulfonamides is 1. The number of aryl methyl sites for hydroxylation is 1. The Bertz CT molecular complexity index is 976. The van der Waals surface area contributed by atoms with E-state index in [2.05, 4.69) is 15.4 Å². The Balaban J connectivity index is 1.92. The van der Waals surface area contributed by atoms with Crippen molar-refractivity contribution < 1.29 is 18.0 Å². The van der Waals surface area contributed by atoms with E-state index in [1.165, 1.54) is 25.2 Å². The molecule has 2 aromatic carbocycles. The molecule has 0 unspecified atom stereocenters. The van der Waals surface area contributed by atoms with Gasteiger partial charge in [0.15, 0.2) is 0 Å². The lowest BCUT2D eigenvalue weighted by molar-refractivity contribution is -0.116. The average Bonchev–Trinajstić information content (AvgIpc) is 2.71. The zero-order valence-electron chi connectivity index (χ0n) is 16.3. The van der Waals surface area contributed by atoms with Crippen molar-refractivity contribution in [2.24, 2.45) is 0 Å². The first-order valence-corrected chi connectivity index (χ1v) is 11.0. The maximum atomic E-state index is 12.2. The first kappa shape index (κ1) is 22.9. The summed E-state index contributed by atoms with van der Waals surface area (Å²) in [7, 11) is -2.13. The minimum Gasteiger partial charge on any atom is -0.352 e. The quantitative estimate of drug-likeness (QED) is 0.560. The number of hydrogen-bond donors (Lipinski definition) is 3. The van der Waals surface area contributed by atoms with E-state index in [1.807, 2.05) is 6.92 Å². The molecule has 156 valence electrons. The standard InChI is InChI=1S/C20H24ClN3O4S/c1-3-12-23-20(26)17-10-7-15(13-18(17)21)24-19(25)11-6-14-4-8-16(9-5-14)29(27,28)22-2/h4-5,7-10,13,22H,3,6,11-12H2,1-2H3,(H,23,26)(H,24,25). The van der Waals surface area contributed by atoms with Gasteiger partial charge in [-0.15, -0.1) is 0 Å². The maximum absolute atomic E-state index is 12.2. The molecule has 29 heavy (non-hydrogen) atoms. The van der Waals surface area contributed by atoms with E-state index in [9.17, 15) is 18.0 Å². The molecule has 0 saturated heterocycles. The van der Waals surface area contributed by atoms with Crippen LogP contribution in [-0.4, -0.2) is 33.8 Å². The van der Waals surface area contributed by atoms with Crippen molar-refractivity contribution in [2.75, 3.05) is 18.9 Å². The van der Waals surface area contributed by atoms with E-state index in [-0.39, 0.29) is 28.2 Å². The van der Waals surface area contributed by atoms with E-state index >= 15 is 0 Å². The van der Waals surface area contributed by atoms with Gasteiger partial charge in [-0.25, -0.2) is 13.1 Å². The Hall–Kier alpha value is -2.42. The average molecular weight is 438 g/mol. The molecule has 2 rings (SSSR count). The van der Waals surface area contributed by atoms with Crippen LogP contribution in [0.3, 0.4) is 0 Å². The second-order valence-electron chi connectivity index (χ2n) is 6.35. The summed E-state index contributed by atoms with van der Waals surface area (Å²) in [5, 5.41) is 5.76.